The van der Waals surface area contributed by atoms with Crippen LogP contribution in [0.4, 0.5) is 0 Å². The Morgan fingerprint density at radius 1 is 1.56 bits per heavy atom. The lowest BCUT2D eigenvalue weighted by molar-refractivity contribution is -0.123. The number of hydrogen-bond acceptors (Lipinski definition) is 3. The van der Waals surface area contributed by atoms with Crippen LogP contribution in [-0.4, -0.2) is 22.1 Å². The summed E-state index contributed by atoms with van der Waals surface area (Å²) in [7, 11) is 0. The largest absolute Gasteiger partial charge is 0.510 e. The Bertz CT molecular complexity index is 355. The van der Waals surface area contributed by atoms with Gasteiger partial charge in [-0.3, -0.25) is 9.59 Å². The molecule has 0 heterocycles. The number of allylic oxidation sites excluding steroid dienone is 2. The fraction of sp³-hybridized carbons (Fsp3) is 0.667. The van der Waals surface area contributed by atoms with Crippen LogP contribution in [0.3, 0.4) is 0 Å². The number of alkyl halides is 1. The van der Waals surface area contributed by atoms with Gasteiger partial charge < -0.3 is 5.11 Å². The summed E-state index contributed by atoms with van der Waals surface area (Å²) in [6, 6.07) is 0. The molecular weight excluding hydrogens is 228 g/mol. The van der Waals surface area contributed by atoms with Gasteiger partial charge in [-0.25, -0.2) is 0 Å². The molecule has 1 unspecified atom stereocenters. The van der Waals surface area contributed by atoms with Gasteiger partial charge in [0.05, 0.1) is 11.0 Å². The van der Waals surface area contributed by atoms with Crippen LogP contribution < -0.4 is 0 Å². The minimum Gasteiger partial charge on any atom is -0.510 e. The van der Waals surface area contributed by atoms with E-state index in [9.17, 15) is 14.7 Å². The molecule has 0 aromatic rings. The Hall–Kier alpha value is -0.830. The summed E-state index contributed by atoms with van der Waals surface area (Å²) < 4.78 is 0. The molecule has 0 aliphatic heterocycles. The van der Waals surface area contributed by atoms with E-state index >= 15 is 0 Å². The van der Waals surface area contributed by atoms with Crippen LogP contribution >= 0.6 is 11.6 Å². The molecule has 1 rings (SSSR count). The molecule has 0 fully saturated rings. The Labute approximate surface area is 100 Å². The fourth-order valence-corrected chi connectivity index (χ4v) is 2.07. The van der Waals surface area contributed by atoms with E-state index in [0.717, 1.165) is 0 Å². The number of aliphatic hydroxyl groups excluding tert-OH is 1. The highest BCUT2D eigenvalue weighted by atomic mass is 35.5. The maximum atomic E-state index is 11.8. The second kappa shape index (κ2) is 4.58. The van der Waals surface area contributed by atoms with E-state index in [2.05, 4.69) is 0 Å². The zero-order valence-electron chi connectivity index (χ0n) is 9.84. The van der Waals surface area contributed by atoms with Gasteiger partial charge in [0.15, 0.2) is 11.6 Å². The lowest BCUT2D eigenvalue weighted by atomic mass is 9.75. The number of hydrogen-bond donors (Lipinski definition) is 1. The van der Waals surface area contributed by atoms with E-state index in [-0.39, 0.29) is 35.7 Å². The predicted octanol–water partition coefficient (Wildman–Crippen LogP) is 2.77. The summed E-state index contributed by atoms with van der Waals surface area (Å²) in [6.45, 7) is 5.46. The van der Waals surface area contributed by atoms with Crippen LogP contribution in [0, 0.1) is 5.41 Å². The number of halogens is 1. The summed E-state index contributed by atoms with van der Waals surface area (Å²) in [4.78, 5) is 23.5. The lowest BCUT2D eigenvalue weighted by Gasteiger charge is -2.33. The first-order chi connectivity index (χ1) is 7.31. The lowest BCUT2D eigenvalue weighted by Crippen LogP contribution is -2.37. The van der Waals surface area contributed by atoms with Crippen LogP contribution in [-0.2, 0) is 9.59 Å². The van der Waals surface area contributed by atoms with Crippen molar-refractivity contribution in [2.75, 3.05) is 0 Å². The summed E-state index contributed by atoms with van der Waals surface area (Å²) >= 11 is 6.05. The van der Waals surface area contributed by atoms with Crippen molar-refractivity contribution in [3.63, 3.8) is 0 Å². The smallest absolute Gasteiger partial charge is 0.170 e. The van der Waals surface area contributed by atoms with Crippen molar-refractivity contribution in [1.82, 2.24) is 0 Å². The van der Waals surface area contributed by atoms with Gasteiger partial charge in [-0.15, -0.1) is 11.6 Å². The van der Waals surface area contributed by atoms with E-state index < -0.39 is 10.8 Å². The maximum absolute atomic E-state index is 11.8. The van der Waals surface area contributed by atoms with E-state index in [0.29, 0.717) is 6.42 Å². The molecule has 1 atom stereocenters. The molecule has 0 aromatic carbocycles. The Morgan fingerprint density at radius 2 is 2.12 bits per heavy atom. The highest BCUT2D eigenvalue weighted by molar-refractivity contribution is 6.28. The fourth-order valence-electron chi connectivity index (χ4n) is 1.88. The molecule has 0 saturated carbocycles. The molecule has 1 aliphatic carbocycles. The quantitative estimate of drug-likeness (QED) is 0.614. The molecule has 0 bridgehead atoms. The predicted molar refractivity (Wildman–Crippen MR) is 62.6 cm³/mol. The molecule has 0 radical (unpaired) electrons. The van der Waals surface area contributed by atoms with Crippen molar-refractivity contribution in [1.29, 1.82) is 0 Å². The van der Waals surface area contributed by atoms with Crippen LogP contribution in [0.5, 0.6) is 0 Å². The molecule has 90 valence electrons. The third-order valence-corrected chi connectivity index (χ3v) is 3.63. The zero-order chi connectivity index (χ0) is 12.5. The molecule has 0 aromatic heterocycles. The second-order valence-electron chi connectivity index (χ2n) is 4.88. The number of ketones is 2. The van der Waals surface area contributed by atoms with Crippen LogP contribution in [0.1, 0.15) is 40.0 Å². The number of carbonyl (C=O) groups is 2. The molecule has 1 N–H and O–H groups in total. The van der Waals surface area contributed by atoms with E-state index in [4.69, 9.17) is 11.6 Å². The van der Waals surface area contributed by atoms with Crippen molar-refractivity contribution in [2.24, 2.45) is 5.41 Å². The average Bonchev–Trinajstić information content (AvgIpc) is 2.14. The van der Waals surface area contributed by atoms with E-state index in [1.54, 1.807) is 13.8 Å². The summed E-state index contributed by atoms with van der Waals surface area (Å²) in [6.07, 6.45) is 1.13. The Balaban J connectivity index is 3.12. The minimum absolute atomic E-state index is 0.0822. The first-order valence-corrected chi connectivity index (χ1v) is 5.88. The first kappa shape index (κ1) is 13.2. The van der Waals surface area contributed by atoms with Gasteiger partial charge in [0.2, 0.25) is 0 Å². The Morgan fingerprint density at radius 3 is 2.62 bits per heavy atom. The molecule has 1 aliphatic rings. The molecule has 0 spiro atoms. The highest BCUT2D eigenvalue weighted by Gasteiger charge is 2.42. The Kier molecular flexibility index (Phi) is 3.79. The van der Waals surface area contributed by atoms with Crippen molar-refractivity contribution in [3.05, 3.63) is 11.3 Å². The summed E-state index contributed by atoms with van der Waals surface area (Å²) in [5.41, 5.74) is -0.584. The maximum Gasteiger partial charge on any atom is 0.170 e. The number of rotatable bonds is 3. The van der Waals surface area contributed by atoms with Crippen molar-refractivity contribution < 1.29 is 14.7 Å². The molecule has 16 heavy (non-hydrogen) atoms. The third kappa shape index (κ3) is 2.29. The first-order valence-electron chi connectivity index (χ1n) is 5.45. The monoisotopic (exact) mass is 244 g/mol. The second-order valence-corrected chi connectivity index (χ2v) is 5.32. The van der Waals surface area contributed by atoms with Gasteiger partial charge >= 0.3 is 0 Å². The topological polar surface area (TPSA) is 54.4 Å². The molecule has 3 nitrogen and oxygen atoms in total. The van der Waals surface area contributed by atoms with Gasteiger partial charge in [-0.05, 0) is 11.8 Å². The number of Topliss-reactive ketones (excluding diaryl/α,β-unsaturated/α-hetero) is 2. The van der Waals surface area contributed by atoms with Crippen LogP contribution in [0.15, 0.2) is 11.3 Å². The minimum atomic E-state index is -0.666. The average molecular weight is 245 g/mol. The van der Waals surface area contributed by atoms with Crippen LogP contribution in [0.25, 0.3) is 0 Å². The summed E-state index contributed by atoms with van der Waals surface area (Å²) in [5, 5.41) is 9.18. The van der Waals surface area contributed by atoms with Gasteiger partial charge in [0.1, 0.15) is 5.76 Å². The zero-order valence-corrected chi connectivity index (χ0v) is 10.6. The SMILES string of the molecule is CCCC(=O)C1=C(O)C(Cl)C(C)(C)CC1=O. The van der Waals surface area contributed by atoms with Crippen molar-refractivity contribution in [2.45, 2.75) is 45.4 Å². The molecule has 0 saturated heterocycles. The van der Waals surface area contributed by atoms with Crippen molar-refractivity contribution in [3.8, 4) is 0 Å². The highest BCUT2D eigenvalue weighted by Crippen LogP contribution is 2.40. The number of carbonyl (C=O) groups excluding carboxylic acids is 2. The third-order valence-electron chi connectivity index (χ3n) is 2.83. The van der Waals surface area contributed by atoms with Gasteiger partial charge in [-0.1, -0.05) is 20.8 Å². The molecular formula is C12H17ClO3. The number of aliphatic hydroxyl groups is 1. The molecule has 4 heteroatoms. The summed E-state index contributed by atoms with van der Waals surface area (Å²) in [5.74, 6) is -0.842. The van der Waals surface area contributed by atoms with Gasteiger partial charge in [0.25, 0.3) is 0 Å². The standard InChI is InChI=1S/C12H17ClO3/c1-4-5-7(14)9-8(15)6-12(2,3)11(13)10(9)16/h11,16H,4-6H2,1-3H3. The van der Waals surface area contributed by atoms with Gasteiger partial charge in [-0.2, -0.15) is 0 Å². The van der Waals surface area contributed by atoms with Crippen LogP contribution in [0.2, 0.25) is 0 Å². The van der Waals surface area contributed by atoms with Gasteiger partial charge in [0, 0.05) is 12.8 Å². The van der Waals surface area contributed by atoms with Crippen molar-refractivity contribution >= 4 is 23.2 Å². The van der Waals surface area contributed by atoms with E-state index in [1.807, 2.05) is 6.92 Å². The molecule has 0 amide bonds. The normalized spacial score (nSPS) is 24.8. The van der Waals surface area contributed by atoms with E-state index in [1.165, 1.54) is 0 Å².